The molecule has 1 nitrogen and oxygen atoms in total. The van der Waals surface area contributed by atoms with E-state index >= 15 is 0 Å². The van der Waals surface area contributed by atoms with Gasteiger partial charge in [0.15, 0.2) is 6.20 Å². The third-order valence-electron chi connectivity index (χ3n) is 1.86. The molecule has 0 radical (unpaired) electrons. The van der Waals surface area contributed by atoms with Crippen molar-refractivity contribution >= 4 is 0 Å². The second-order valence-corrected chi connectivity index (χ2v) is 2.82. The second-order valence-electron chi connectivity index (χ2n) is 2.82. The molecular formula is C9H10F4N+. The lowest BCUT2D eigenvalue weighted by molar-refractivity contribution is -0.705. The molecular weight excluding hydrogens is 198 g/mol. The van der Waals surface area contributed by atoms with Gasteiger partial charge in [-0.1, -0.05) is 0 Å². The van der Waals surface area contributed by atoms with E-state index in [4.69, 9.17) is 0 Å². The number of alkyl halides is 4. The molecule has 0 saturated carbocycles. The molecule has 0 unspecified atom stereocenters. The first-order valence-corrected chi connectivity index (χ1v) is 4.16. The summed E-state index contributed by atoms with van der Waals surface area (Å²) in [6, 6.07) is 4.09. The summed E-state index contributed by atoms with van der Waals surface area (Å²) in [5, 5.41) is 0. The van der Waals surface area contributed by atoms with Gasteiger partial charge in [-0.15, -0.1) is 0 Å². The summed E-state index contributed by atoms with van der Waals surface area (Å²) < 4.78 is 50.4. The average molecular weight is 208 g/mol. The van der Waals surface area contributed by atoms with Crippen molar-refractivity contribution in [2.75, 3.05) is 0 Å². The lowest BCUT2D eigenvalue weighted by Gasteiger charge is -2.10. The van der Waals surface area contributed by atoms with Gasteiger partial charge >= 0.3 is 6.18 Å². The van der Waals surface area contributed by atoms with Crippen molar-refractivity contribution in [1.82, 2.24) is 0 Å². The van der Waals surface area contributed by atoms with E-state index < -0.39 is 12.3 Å². The Morgan fingerprint density at radius 3 is 2.50 bits per heavy atom. The van der Waals surface area contributed by atoms with Crippen molar-refractivity contribution in [3.63, 3.8) is 0 Å². The van der Waals surface area contributed by atoms with Gasteiger partial charge in [0.2, 0.25) is 5.69 Å². The van der Waals surface area contributed by atoms with E-state index in [1.807, 2.05) is 0 Å². The Bertz CT molecular complexity index is 308. The maximum absolute atomic E-state index is 12.9. The molecule has 1 aromatic heterocycles. The SMILES string of the molecule is CC[n+]1ccccc1[C@H](F)C(F)(F)F. The highest BCUT2D eigenvalue weighted by atomic mass is 19.4. The molecule has 1 rings (SSSR count). The number of rotatable bonds is 2. The van der Waals surface area contributed by atoms with Crippen LogP contribution in [0.5, 0.6) is 0 Å². The third kappa shape index (κ3) is 2.21. The lowest BCUT2D eigenvalue weighted by atomic mass is 10.2. The molecule has 0 N–H and O–H groups in total. The summed E-state index contributed by atoms with van der Waals surface area (Å²) in [6.07, 6.45) is -6.32. The minimum absolute atomic E-state index is 0.312. The van der Waals surface area contributed by atoms with E-state index in [0.29, 0.717) is 6.54 Å². The van der Waals surface area contributed by atoms with Crippen LogP contribution in [0.3, 0.4) is 0 Å². The maximum atomic E-state index is 12.9. The van der Waals surface area contributed by atoms with Crippen molar-refractivity contribution in [3.05, 3.63) is 30.1 Å². The monoisotopic (exact) mass is 208 g/mol. The zero-order chi connectivity index (χ0) is 10.8. The van der Waals surface area contributed by atoms with Gasteiger partial charge in [0.25, 0.3) is 6.17 Å². The first-order chi connectivity index (χ1) is 6.46. The minimum Gasteiger partial charge on any atom is -0.225 e. The van der Waals surface area contributed by atoms with Gasteiger partial charge in [0.05, 0.1) is 0 Å². The maximum Gasteiger partial charge on any atom is 0.429 e. The highest BCUT2D eigenvalue weighted by Crippen LogP contribution is 2.33. The van der Waals surface area contributed by atoms with E-state index in [1.165, 1.54) is 16.8 Å². The fourth-order valence-electron chi connectivity index (χ4n) is 1.18. The molecule has 0 aliphatic heterocycles. The van der Waals surface area contributed by atoms with Crippen LogP contribution in [-0.4, -0.2) is 6.18 Å². The molecule has 0 saturated heterocycles. The van der Waals surface area contributed by atoms with Crippen molar-refractivity contribution in [2.45, 2.75) is 25.8 Å². The van der Waals surface area contributed by atoms with Crippen LogP contribution in [0.1, 0.15) is 18.8 Å². The summed E-state index contributed by atoms with van der Waals surface area (Å²) >= 11 is 0. The Labute approximate surface area is 79.0 Å². The van der Waals surface area contributed by atoms with E-state index in [2.05, 4.69) is 0 Å². The number of hydrogen-bond acceptors (Lipinski definition) is 0. The molecule has 0 aliphatic rings. The van der Waals surface area contributed by atoms with Gasteiger partial charge in [0.1, 0.15) is 6.54 Å². The zero-order valence-electron chi connectivity index (χ0n) is 7.55. The largest absolute Gasteiger partial charge is 0.429 e. The average Bonchev–Trinajstić information content (AvgIpc) is 2.15. The number of hydrogen-bond donors (Lipinski definition) is 0. The summed E-state index contributed by atoms with van der Waals surface area (Å²) in [5.74, 6) is 0. The summed E-state index contributed by atoms with van der Waals surface area (Å²) in [6.45, 7) is 1.97. The minimum atomic E-state index is -4.84. The highest BCUT2D eigenvalue weighted by Gasteiger charge is 2.46. The standard InChI is InChI=1S/C9H10F4N/c1-2-14-6-4-3-5-7(14)8(10)9(11,12)13/h3-6,8H,2H2,1H3/q+1/t8-/m0/s1. The Morgan fingerprint density at radius 1 is 1.36 bits per heavy atom. The lowest BCUT2D eigenvalue weighted by Crippen LogP contribution is -2.40. The Balaban J connectivity index is 3.06. The normalized spacial score (nSPS) is 14.1. The van der Waals surface area contributed by atoms with E-state index in [0.717, 1.165) is 6.07 Å². The van der Waals surface area contributed by atoms with Crippen LogP contribution in [0.15, 0.2) is 24.4 Å². The van der Waals surface area contributed by atoms with Gasteiger partial charge in [-0.05, 0) is 13.0 Å². The molecule has 5 heteroatoms. The van der Waals surface area contributed by atoms with Crippen LogP contribution >= 0.6 is 0 Å². The van der Waals surface area contributed by atoms with Crippen LogP contribution < -0.4 is 4.57 Å². The fraction of sp³-hybridized carbons (Fsp3) is 0.444. The predicted molar refractivity (Wildman–Crippen MR) is 42.2 cm³/mol. The Morgan fingerprint density at radius 2 is 2.00 bits per heavy atom. The van der Waals surface area contributed by atoms with Crippen molar-refractivity contribution in [2.24, 2.45) is 0 Å². The highest BCUT2D eigenvalue weighted by molar-refractivity contribution is 5.02. The molecule has 1 aromatic rings. The topological polar surface area (TPSA) is 3.88 Å². The predicted octanol–water partition coefficient (Wildman–Crippen LogP) is 2.57. The Hall–Kier alpha value is -1.13. The van der Waals surface area contributed by atoms with Gasteiger partial charge in [-0.2, -0.15) is 17.7 Å². The van der Waals surface area contributed by atoms with Crippen molar-refractivity contribution in [1.29, 1.82) is 0 Å². The molecule has 0 aromatic carbocycles. The summed E-state index contributed by atoms with van der Waals surface area (Å²) in [4.78, 5) is 0. The molecule has 14 heavy (non-hydrogen) atoms. The molecule has 0 fully saturated rings. The van der Waals surface area contributed by atoms with E-state index in [9.17, 15) is 17.6 Å². The summed E-state index contributed by atoms with van der Waals surface area (Å²) in [5.41, 5.74) is -0.359. The second kappa shape index (κ2) is 3.94. The molecule has 1 heterocycles. The van der Waals surface area contributed by atoms with Crippen LogP contribution in [-0.2, 0) is 6.54 Å². The molecule has 0 amide bonds. The smallest absolute Gasteiger partial charge is 0.225 e. The fourth-order valence-corrected chi connectivity index (χ4v) is 1.18. The van der Waals surface area contributed by atoms with E-state index in [-0.39, 0.29) is 5.69 Å². The molecule has 0 bridgehead atoms. The molecule has 0 spiro atoms. The molecule has 78 valence electrons. The number of pyridine rings is 1. The van der Waals surface area contributed by atoms with Gasteiger partial charge < -0.3 is 0 Å². The third-order valence-corrected chi connectivity index (χ3v) is 1.86. The van der Waals surface area contributed by atoms with Gasteiger partial charge in [0, 0.05) is 12.1 Å². The van der Waals surface area contributed by atoms with Gasteiger partial charge in [-0.3, -0.25) is 0 Å². The number of halogens is 4. The quantitative estimate of drug-likeness (QED) is 0.519. The van der Waals surface area contributed by atoms with Crippen LogP contribution in [0.4, 0.5) is 17.6 Å². The summed E-state index contributed by atoms with van der Waals surface area (Å²) in [7, 11) is 0. The first kappa shape index (κ1) is 10.9. The number of aromatic nitrogens is 1. The van der Waals surface area contributed by atoms with Crippen LogP contribution in [0, 0.1) is 0 Å². The van der Waals surface area contributed by atoms with Crippen molar-refractivity contribution < 1.29 is 22.1 Å². The van der Waals surface area contributed by atoms with Crippen LogP contribution in [0.25, 0.3) is 0 Å². The molecule has 0 aliphatic carbocycles. The molecule has 1 atom stereocenters. The number of nitrogens with zero attached hydrogens (tertiary/aromatic N) is 1. The Kier molecular flexibility index (Phi) is 3.08. The zero-order valence-corrected chi connectivity index (χ0v) is 7.55. The van der Waals surface area contributed by atoms with Crippen LogP contribution in [0.2, 0.25) is 0 Å². The first-order valence-electron chi connectivity index (χ1n) is 4.16. The van der Waals surface area contributed by atoms with E-state index in [1.54, 1.807) is 13.0 Å². The van der Waals surface area contributed by atoms with Crippen molar-refractivity contribution in [3.8, 4) is 0 Å². The van der Waals surface area contributed by atoms with Gasteiger partial charge in [-0.25, -0.2) is 4.39 Å². The number of aryl methyl sites for hydroxylation is 1.